The number of rotatable bonds is 3. The zero-order chi connectivity index (χ0) is 13.2. The smallest absolute Gasteiger partial charge is 0.250 e. The molecule has 19 heavy (non-hydrogen) atoms. The first-order valence-electron chi connectivity index (χ1n) is 6.23. The van der Waals surface area contributed by atoms with Gasteiger partial charge < -0.3 is 10.6 Å². The van der Waals surface area contributed by atoms with Crippen molar-refractivity contribution in [2.45, 2.75) is 6.92 Å². The van der Waals surface area contributed by atoms with E-state index >= 15 is 0 Å². The molecule has 3 rings (SSSR count). The van der Waals surface area contributed by atoms with Crippen molar-refractivity contribution in [3.63, 3.8) is 0 Å². The molecule has 96 valence electrons. The summed E-state index contributed by atoms with van der Waals surface area (Å²) >= 11 is 0. The lowest BCUT2D eigenvalue weighted by Crippen LogP contribution is -2.17. The molecule has 0 aliphatic carbocycles. The molecule has 0 saturated heterocycles. The summed E-state index contributed by atoms with van der Waals surface area (Å²) in [6.07, 6.45) is 0. The molecule has 0 bridgehead atoms. The van der Waals surface area contributed by atoms with Gasteiger partial charge in [-0.3, -0.25) is 0 Å². The standard InChI is InChI=1S/C14H15N5/c1-2-19(14-16-13(15)17-18-14)12-9-5-7-10-6-3-4-8-11(10)12/h3-9H,2H2,1H3,(H3,15,16,17,18). The van der Waals surface area contributed by atoms with Crippen LogP contribution in [0.1, 0.15) is 6.92 Å². The maximum absolute atomic E-state index is 5.61. The maximum atomic E-state index is 5.61. The lowest BCUT2D eigenvalue weighted by Gasteiger charge is -2.20. The summed E-state index contributed by atoms with van der Waals surface area (Å²) in [5, 5.41) is 9.18. The minimum atomic E-state index is 0.327. The number of nitrogen functional groups attached to an aromatic ring is 1. The lowest BCUT2D eigenvalue weighted by molar-refractivity contribution is 0.954. The summed E-state index contributed by atoms with van der Waals surface area (Å²) in [7, 11) is 0. The predicted molar refractivity (Wildman–Crippen MR) is 77.4 cm³/mol. The number of anilines is 3. The van der Waals surface area contributed by atoms with E-state index in [2.05, 4.69) is 46.4 Å². The largest absolute Gasteiger partial charge is 0.368 e. The molecule has 0 atom stereocenters. The summed E-state index contributed by atoms with van der Waals surface area (Å²) in [5.74, 6) is 0.921. The third-order valence-corrected chi connectivity index (χ3v) is 3.11. The van der Waals surface area contributed by atoms with Gasteiger partial charge in [-0.2, -0.15) is 4.98 Å². The van der Waals surface area contributed by atoms with Crippen LogP contribution in [-0.2, 0) is 0 Å². The van der Waals surface area contributed by atoms with E-state index in [-0.39, 0.29) is 0 Å². The highest BCUT2D eigenvalue weighted by molar-refractivity contribution is 5.95. The molecule has 0 amide bonds. The molecule has 0 spiro atoms. The number of hydrogen-bond donors (Lipinski definition) is 2. The highest BCUT2D eigenvalue weighted by atomic mass is 15.4. The monoisotopic (exact) mass is 253 g/mol. The van der Waals surface area contributed by atoms with Crippen LogP contribution in [0.25, 0.3) is 10.8 Å². The molecule has 5 heteroatoms. The summed E-state index contributed by atoms with van der Waals surface area (Å²) in [5.41, 5.74) is 6.69. The number of fused-ring (bicyclic) bond motifs is 1. The number of aromatic nitrogens is 3. The van der Waals surface area contributed by atoms with Crippen LogP contribution in [-0.4, -0.2) is 21.7 Å². The van der Waals surface area contributed by atoms with E-state index in [0.717, 1.165) is 12.2 Å². The summed E-state index contributed by atoms with van der Waals surface area (Å²) in [6.45, 7) is 2.83. The normalized spacial score (nSPS) is 10.8. The highest BCUT2D eigenvalue weighted by Crippen LogP contribution is 2.30. The Hall–Kier alpha value is -2.56. The fraction of sp³-hybridized carbons (Fsp3) is 0.143. The Bertz CT molecular complexity index is 698. The molecule has 0 aliphatic rings. The quantitative estimate of drug-likeness (QED) is 0.753. The van der Waals surface area contributed by atoms with Crippen LogP contribution in [0.2, 0.25) is 0 Å². The predicted octanol–water partition coefficient (Wildman–Crippen LogP) is 2.70. The van der Waals surface area contributed by atoms with Crippen molar-refractivity contribution in [1.29, 1.82) is 0 Å². The minimum absolute atomic E-state index is 0.327. The number of H-pyrrole nitrogens is 1. The molecule has 5 nitrogen and oxygen atoms in total. The van der Waals surface area contributed by atoms with E-state index in [1.165, 1.54) is 10.8 Å². The van der Waals surface area contributed by atoms with E-state index in [1.54, 1.807) is 0 Å². The van der Waals surface area contributed by atoms with Crippen molar-refractivity contribution in [3.8, 4) is 0 Å². The number of nitrogens with two attached hydrogens (primary N) is 1. The maximum Gasteiger partial charge on any atom is 0.250 e. The van der Waals surface area contributed by atoms with E-state index < -0.39 is 0 Å². The third kappa shape index (κ3) is 1.99. The Morgan fingerprint density at radius 3 is 2.68 bits per heavy atom. The van der Waals surface area contributed by atoms with Gasteiger partial charge in [0, 0.05) is 11.9 Å². The van der Waals surface area contributed by atoms with Crippen molar-refractivity contribution in [1.82, 2.24) is 15.2 Å². The van der Waals surface area contributed by atoms with Gasteiger partial charge in [-0.05, 0) is 18.4 Å². The first-order chi connectivity index (χ1) is 9.29. The molecule has 0 fully saturated rings. The molecule has 0 aliphatic heterocycles. The number of hydrogen-bond acceptors (Lipinski definition) is 4. The molecule has 2 aromatic carbocycles. The Kier molecular flexibility index (Phi) is 2.79. The van der Waals surface area contributed by atoms with Gasteiger partial charge in [0.2, 0.25) is 5.95 Å². The van der Waals surface area contributed by atoms with Crippen molar-refractivity contribution >= 4 is 28.4 Å². The van der Waals surface area contributed by atoms with Gasteiger partial charge >= 0.3 is 0 Å². The van der Waals surface area contributed by atoms with Gasteiger partial charge in [0.15, 0.2) is 0 Å². The summed E-state index contributed by atoms with van der Waals surface area (Å²) < 4.78 is 0. The van der Waals surface area contributed by atoms with Crippen LogP contribution in [0.5, 0.6) is 0 Å². The second-order valence-corrected chi connectivity index (χ2v) is 4.26. The van der Waals surface area contributed by atoms with Gasteiger partial charge in [0.25, 0.3) is 5.95 Å². The molecule has 0 unspecified atom stereocenters. The van der Waals surface area contributed by atoms with E-state index in [4.69, 9.17) is 5.73 Å². The molecule has 0 saturated carbocycles. The van der Waals surface area contributed by atoms with Gasteiger partial charge in [-0.15, -0.1) is 5.10 Å². The van der Waals surface area contributed by atoms with Crippen LogP contribution in [0, 0.1) is 0 Å². The first-order valence-corrected chi connectivity index (χ1v) is 6.23. The molecule has 3 aromatic rings. The third-order valence-electron chi connectivity index (χ3n) is 3.11. The second-order valence-electron chi connectivity index (χ2n) is 4.26. The van der Waals surface area contributed by atoms with E-state index in [1.807, 2.05) is 23.1 Å². The molecule has 3 N–H and O–H groups in total. The van der Waals surface area contributed by atoms with Gasteiger partial charge in [0.1, 0.15) is 0 Å². The zero-order valence-electron chi connectivity index (χ0n) is 10.7. The number of nitrogens with one attached hydrogen (secondary N) is 1. The van der Waals surface area contributed by atoms with Crippen LogP contribution < -0.4 is 10.6 Å². The Morgan fingerprint density at radius 1 is 1.16 bits per heavy atom. The summed E-state index contributed by atoms with van der Waals surface area (Å²) in [4.78, 5) is 6.24. The number of benzene rings is 2. The summed E-state index contributed by atoms with van der Waals surface area (Å²) in [6, 6.07) is 14.5. The van der Waals surface area contributed by atoms with Gasteiger partial charge in [-0.25, -0.2) is 5.10 Å². The Morgan fingerprint density at radius 2 is 1.95 bits per heavy atom. The molecule has 1 heterocycles. The van der Waals surface area contributed by atoms with Crippen LogP contribution in [0.3, 0.4) is 0 Å². The van der Waals surface area contributed by atoms with Crippen molar-refractivity contribution in [2.75, 3.05) is 17.2 Å². The topological polar surface area (TPSA) is 70.8 Å². The molecule has 0 radical (unpaired) electrons. The Labute approximate surface area is 111 Å². The van der Waals surface area contributed by atoms with Crippen molar-refractivity contribution in [2.24, 2.45) is 0 Å². The van der Waals surface area contributed by atoms with Crippen LogP contribution >= 0.6 is 0 Å². The van der Waals surface area contributed by atoms with Crippen molar-refractivity contribution < 1.29 is 0 Å². The molecular formula is C14H15N5. The van der Waals surface area contributed by atoms with E-state index in [0.29, 0.717) is 11.9 Å². The van der Waals surface area contributed by atoms with Gasteiger partial charge in [0.05, 0.1) is 5.69 Å². The second kappa shape index (κ2) is 4.61. The van der Waals surface area contributed by atoms with E-state index in [9.17, 15) is 0 Å². The number of aromatic amines is 1. The van der Waals surface area contributed by atoms with Crippen LogP contribution in [0.15, 0.2) is 42.5 Å². The SMILES string of the molecule is CCN(c1n[nH]c(N)n1)c1cccc2ccccc12. The van der Waals surface area contributed by atoms with Crippen LogP contribution in [0.4, 0.5) is 17.6 Å². The minimum Gasteiger partial charge on any atom is -0.368 e. The zero-order valence-corrected chi connectivity index (χ0v) is 10.7. The molecular weight excluding hydrogens is 238 g/mol. The average molecular weight is 253 g/mol. The Balaban J connectivity index is 2.16. The molecule has 1 aromatic heterocycles. The van der Waals surface area contributed by atoms with Gasteiger partial charge in [-0.1, -0.05) is 36.4 Å². The highest BCUT2D eigenvalue weighted by Gasteiger charge is 2.14. The first kappa shape index (κ1) is 11.5. The average Bonchev–Trinajstić information content (AvgIpc) is 2.86. The van der Waals surface area contributed by atoms with Crippen molar-refractivity contribution in [3.05, 3.63) is 42.5 Å². The fourth-order valence-corrected chi connectivity index (χ4v) is 2.25. The number of nitrogens with zero attached hydrogens (tertiary/aromatic N) is 3. The fourth-order valence-electron chi connectivity index (χ4n) is 2.25. The lowest BCUT2D eigenvalue weighted by atomic mass is 10.1.